The van der Waals surface area contributed by atoms with Crippen LogP contribution in [0.3, 0.4) is 0 Å². The Bertz CT molecular complexity index is 1300. The van der Waals surface area contributed by atoms with E-state index >= 15 is 0 Å². The molecule has 1 aromatic carbocycles. The largest absolute Gasteiger partial charge is 0.355 e. The number of amides is 1. The van der Waals surface area contributed by atoms with Crippen molar-refractivity contribution >= 4 is 17.4 Å². The first-order chi connectivity index (χ1) is 17.6. The number of carbonyl (C=O) groups excluding carboxylic acids is 1. The number of aryl methyl sites for hydroxylation is 1. The van der Waals surface area contributed by atoms with E-state index in [1.54, 1.807) is 0 Å². The Morgan fingerprint density at radius 1 is 1.03 bits per heavy atom. The summed E-state index contributed by atoms with van der Waals surface area (Å²) >= 11 is 0. The Labute approximate surface area is 212 Å². The average molecular weight is 483 g/mol. The molecule has 186 valence electrons. The van der Waals surface area contributed by atoms with E-state index in [-0.39, 0.29) is 11.9 Å². The lowest BCUT2D eigenvalue weighted by Gasteiger charge is -2.32. The van der Waals surface area contributed by atoms with E-state index in [1.807, 2.05) is 42.9 Å². The number of aromatic nitrogens is 3. The topological polar surface area (TPSA) is 65.8 Å². The van der Waals surface area contributed by atoms with E-state index in [0.29, 0.717) is 5.56 Å². The van der Waals surface area contributed by atoms with Crippen molar-refractivity contribution in [3.8, 4) is 0 Å². The third-order valence-corrected chi connectivity index (χ3v) is 6.96. The van der Waals surface area contributed by atoms with Gasteiger partial charge in [0.2, 0.25) is 0 Å². The maximum absolute atomic E-state index is 13.2. The van der Waals surface area contributed by atoms with Crippen LogP contribution >= 0.6 is 0 Å². The highest BCUT2D eigenvalue weighted by Crippen LogP contribution is 2.25. The summed E-state index contributed by atoms with van der Waals surface area (Å²) in [6.45, 7) is 5.80. The highest BCUT2D eigenvalue weighted by molar-refractivity contribution is 5.94. The van der Waals surface area contributed by atoms with Gasteiger partial charge < -0.3 is 10.2 Å². The maximum Gasteiger partial charge on any atom is 0.252 e. The quantitative estimate of drug-likeness (QED) is 0.405. The summed E-state index contributed by atoms with van der Waals surface area (Å²) in [6.07, 6.45) is 8.30. The lowest BCUT2D eigenvalue weighted by molar-refractivity contribution is 0.0908. The molecular formula is C29H34N6O. The minimum absolute atomic E-state index is 0.0205. The minimum atomic E-state index is -0.0205. The first-order valence-corrected chi connectivity index (χ1v) is 12.8. The average Bonchev–Trinajstić information content (AvgIpc) is 3.29. The van der Waals surface area contributed by atoms with Gasteiger partial charge in [0.15, 0.2) is 0 Å². The summed E-state index contributed by atoms with van der Waals surface area (Å²) in [6, 6.07) is 18.6. The monoisotopic (exact) mass is 482 g/mol. The van der Waals surface area contributed by atoms with Crippen molar-refractivity contribution in [2.45, 2.75) is 45.3 Å². The third-order valence-electron chi connectivity index (χ3n) is 6.96. The number of rotatable bonds is 8. The van der Waals surface area contributed by atoms with Crippen LogP contribution in [0.5, 0.6) is 0 Å². The van der Waals surface area contributed by atoms with Gasteiger partial charge in [-0.1, -0.05) is 37.3 Å². The zero-order valence-electron chi connectivity index (χ0n) is 21.1. The van der Waals surface area contributed by atoms with Crippen LogP contribution in [0.4, 0.5) is 5.82 Å². The van der Waals surface area contributed by atoms with Crippen molar-refractivity contribution in [3.63, 3.8) is 0 Å². The standard InChI is InChI=1S/C29H34N6O/c1-3-26-29(33(2)19-23-11-15-30-16-12-23)35-21-24(9-10-27(35)32-26)28(36)31-25-13-17-34(18-14-25)20-22-7-5-4-6-8-22/h4-12,15-16,21,25H,3,13-14,17-20H2,1-2H3,(H,31,36). The molecule has 1 amide bonds. The van der Waals surface area contributed by atoms with Crippen LogP contribution in [0.15, 0.2) is 73.2 Å². The Hall–Kier alpha value is -3.71. The fourth-order valence-electron chi connectivity index (χ4n) is 5.04. The van der Waals surface area contributed by atoms with Gasteiger partial charge in [-0.2, -0.15) is 0 Å². The molecule has 1 aliphatic heterocycles. The number of nitrogens with zero attached hydrogens (tertiary/aromatic N) is 5. The lowest BCUT2D eigenvalue weighted by atomic mass is 10.0. The molecule has 4 heterocycles. The number of fused-ring (bicyclic) bond motifs is 1. The van der Waals surface area contributed by atoms with Crippen molar-refractivity contribution < 1.29 is 4.79 Å². The lowest BCUT2D eigenvalue weighted by Crippen LogP contribution is -2.44. The van der Waals surface area contributed by atoms with Crippen molar-refractivity contribution in [3.05, 3.63) is 95.6 Å². The summed E-state index contributed by atoms with van der Waals surface area (Å²) in [5.41, 5.74) is 5.05. The fourth-order valence-corrected chi connectivity index (χ4v) is 5.04. The van der Waals surface area contributed by atoms with E-state index < -0.39 is 0 Å². The molecule has 0 bridgehead atoms. The van der Waals surface area contributed by atoms with Crippen LogP contribution in [-0.2, 0) is 19.5 Å². The molecule has 0 spiro atoms. The molecule has 36 heavy (non-hydrogen) atoms. The molecule has 1 saturated heterocycles. The minimum Gasteiger partial charge on any atom is -0.355 e. The second-order valence-electron chi connectivity index (χ2n) is 9.60. The highest BCUT2D eigenvalue weighted by atomic mass is 16.1. The van der Waals surface area contributed by atoms with Gasteiger partial charge in [0.25, 0.3) is 5.91 Å². The van der Waals surface area contributed by atoms with Crippen molar-refractivity contribution in [1.82, 2.24) is 24.6 Å². The molecule has 0 radical (unpaired) electrons. The number of hydrogen-bond donors (Lipinski definition) is 1. The van der Waals surface area contributed by atoms with Gasteiger partial charge in [-0.05, 0) is 54.7 Å². The number of pyridine rings is 2. The molecule has 3 aromatic heterocycles. The van der Waals surface area contributed by atoms with E-state index in [4.69, 9.17) is 4.98 Å². The van der Waals surface area contributed by atoms with E-state index in [1.165, 1.54) is 11.1 Å². The Morgan fingerprint density at radius 3 is 2.50 bits per heavy atom. The molecule has 1 fully saturated rings. The van der Waals surface area contributed by atoms with E-state index in [9.17, 15) is 4.79 Å². The molecule has 7 nitrogen and oxygen atoms in total. The summed E-state index contributed by atoms with van der Waals surface area (Å²) in [5, 5.41) is 3.27. The van der Waals surface area contributed by atoms with Crippen LogP contribution in [0.1, 0.15) is 46.9 Å². The summed E-state index contributed by atoms with van der Waals surface area (Å²) in [4.78, 5) is 26.8. The molecule has 0 unspecified atom stereocenters. The van der Waals surface area contributed by atoms with Gasteiger partial charge in [-0.25, -0.2) is 4.98 Å². The molecule has 0 aliphatic carbocycles. The molecule has 4 aromatic rings. The summed E-state index contributed by atoms with van der Waals surface area (Å²) in [5.74, 6) is 1.00. The second-order valence-corrected chi connectivity index (χ2v) is 9.60. The molecule has 0 atom stereocenters. The number of nitrogens with one attached hydrogen (secondary N) is 1. The van der Waals surface area contributed by atoms with Gasteiger partial charge in [0.05, 0.1) is 11.3 Å². The van der Waals surface area contributed by atoms with Gasteiger partial charge in [-0.15, -0.1) is 0 Å². The van der Waals surface area contributed by atoms with Crippen LogP contribution in [-0.4, -0.2) is 51.4 Å². The summed E-state index contributed by atoms with van der Waals surface area (Å²) in [7, 11) is 2.07. The predicted molar refractivity (Wildman–Crippen MR) is 143 cm³/mol. The predicted octanol–water partition coefficient (Wildman–Crippen LogP) is 4.32. The van der Waals surface area contributed by atoms with E-state index in [2.05, 4.69) is 68.8 Å². The van der Waals surface area contributed by atoms with Crippen LogP contribution in [0, 0.1) is 0 Å². The number of likely N-dealkylation sites (tertiary alicyclic amines) is 1. The summed E-state index contributed by atoms with van der Waals surface area (Å²) < 4.78 is 2.05. The second kappa shape index (κ2) is 10.9. The maximum atomic E-state index is 13.2. The van der Waals surface area contributed by atoms with Gasteiger partial charge >= 0.3 is 0 Å². The van der Waals surface area contributed by atoms with Crippen molar-refractivity contribution in [2.24, 2.45) is 0 Å². The molecule has 1 N–H and O–H groups in total. The first-order valence-electron chi connectivity index (χ1n) is 12.8. The number of anilines is 1. The number of hydrogen-bond acceptors (Lipinski definition) is 5. The number of piperidine rings is 1. The van der Waals surface area contributed by atoms with Crippen LogP contribution in [0.2, 0.25) is 0 Å². The molecule has 7 heteroatoms. The molecule has 5 rings (SSSR count). The van der Waals surface area contributed by atoms with Gasteiger partial charge in [-0.3, -0.25) is 19.1 Å². The third kappa shape index (κ3) is 5.41. The van der Waals surface area contributed by atoms with Crippen LogP contribution in [0.25, 0.3) is 5.65 Å². The van der Waals surface area contributed by atoms with Crippen molar-refractivity contribution in [1.29, 1.82) is 0 Å². The molecular weight excluding hydrogens is 448 g/mol. The zero-order chi connectivity index (χ0) is 24.9. The smallest absolute Gasteiger partial charge is 0.252 e. The number of benzene rings is 1. The molecule has 1 aliphatic rings. The van der Waals surface area contributed by atoms with Crippen molar-refractivity contribution in [2.75, 3.05) is 25.0 Å². The number of carbonyl (C=O) groups is 1. The van der Waals surface area contributed by atoms with E-state index in [0.717, 1.165) is 62.6 Å². The Balaban J connectivity index is 1.26. The molecule has 0 saturated carbocycles. The fraction of sp³-hybridized carbons (Fsp3) is 0.345. The Morgan fingerprint density at radius 2 is 1.78 bits per heavy atom. The normalized spacial score (nSPS) is 14.7. The highest BCUT2D eigenvalue weighted by Gasteiger charge is 2.22. The zero-order valence-corrected chi connectivity index (χ0v) is 21.1. The SMILES string of the molecule is CCc1nc2ccc(C(=O)NC3CCN(Cc4ccccc4)CC3)cn2c1N(C)Cc1ccncc1. The number of imidazole rings is 1. The van der Waals surface area contributed by atoms with Crippen LogP contribution < -0.4 is 10.2 Å². The van der Waals surface area contributed by atoms with Gasteiger partial charge in [0.1, 0.15) is 11.5 Å². The van der Waals surface area contributed by atoms with Gasteiger partial charge in [0, 0.05) is 57.9 Å². The Kier molecular flexibility index (Phi) is 7.28. The first kappa shape index (κ1) is 24.0.